The van der Waals surface area contributed by atoms with Crippen LogP contribution in [0.3, 0.4) is 0 Å². The standard InChI is InChI=1S/C20H25F3N6O/c1-27(19-24-8-7-18(26-19)28-10-12-30-13-11-28)15-4-3-9-29(14-15)17-6-2-5-16(25-17)20(21,22)23/h2,5-8,15H,3-4,9-14H2,1H3. The van der Waals surface area contributed by atoms with Crippen molar-refractivity contribution in [3.05, 3.63) is 36.2 Å². The summed E-state index contributed by atoms with van der Waals surface area (Å²) in [6.45, 7) is 4.17. The molecule has 0 radical (unpaired) electrons. The average Bonchev–Trinajstić information content (AvgIpc) is 2.79. The van der Waals surface area contributed by atoms with Gasteiger partial charge in [-0.3, -0.25) is 0 Å². The second kappa shape index (κ2) is 8.63. The molecule has 2 saturated heterocycles. The van der Waals surface area contributed by atoms with E-state index in [0.29, 0.717) is 38.1 Å². The summed E-state index contributed by atoms with van der Waals surface area (Å²) in [5.74, 6) is 1.83. The van der Waals surface area contributed by atoms with Gasteiger partial charge < -0.3 is 19.4 Å². The SMILES string of the molecule is CN(c1nccc(N2CCOCC2)n1)C1CCCN(c2cccc(C(F)(F)F)n2)C1. The molecule has 1 unspecified atom stereocenters. The van der Waals surface area contributed by atoms with Gasteiger partial charge in [0.1, 0.15) is 17.3 Å². The number of hydrogen-bond donors (Lipinski definition) is 0. The molecule has 0 N–H and O–H groups in total. The molecule has 2 aromatic rings. The van der Waals surface area contributed by atoms with E-state index in [0.717, 1.165) is 37.8 Å². The Balaban J connectivity index is 1.48. The van der Waals surface area contributed by atoms with Crippen LogP contribution in [0.1, 0.15) is 18.5 Å². The van der Waals surface area contributed by atoms with Crippen LogP contribution < -0.4 is 14.7 Å². The van der Waals surface area contributed by atoms with Gasteiger partial charge in [-0.1, -0.05) is 6.07 Å². The van der Waals surface area contributed by atoms with Gasteiger partial charge in [0.2, 0.25) is 5.95 Å². The van der Waals surface area contributed by atoms with Gasteiger partial charge in [0.15, 0.2) is 0 Å². The van der Waals surface area contributed by atoms with Crippen molar-refractivity contribution in [2.75, 3.05) is 61.1 Å². The lowest BCUT2D eigenvalue weighted by Gasteiger charge is -2.38. The zero-order chi connectivity index (χ0) is 21.1. The van der Waals surface area contributed by atoms with E-state index in [1.807, 2.05) is 22.9 Å². The van der Waals surface area contributed by atoms with Gasteiger partial charge in [0.25, 0.3) is 0 Å². The molecular weight excluding hydrogens is 397 g/mol. The van der Waals surface area contributed by atoms with Crippen molar-refractivity contribution >= 4 is 17.6 Å². The van der Waals surface area contributed by atoms with Crippen LogP contribution in [-0.4, -0.2) is 67.4 Å². The Morgan fingerprint density at radius 1 is 1.03 bits per heavy atom. The normalized spacial score (nSPS) is 20.3. The molecular formula is C20H25F3N6O. The van der Waals surface area contributed by atoms with Crippen molar-refractivity contribution in [3.8, 4) is 0 Å². The number of morpholine rings is 1. The predicted molar refractivity (Wildman–Crippen MR) is 108 cm³/mol. The van der Waals surface area contributed by atoms with Crippen LogP contribution in [0.15, 0.2) is 30.5 Å². The molecule has 7 nitrogen and oxygen atoms in total. The molecule has 0 spiro atoms. The summed E-state index contributed by atoms with van der Waals surface area (Å²) in [5, 5.41) is 0. The van der Waals surface area contributed by atoms with Crippen LogP contribution >= 0.6 is 0 Å². The Labute approximate surface area is 173 Å². The Bertz CT molecular complexity index is 858. The quantitative estimate of drug-likeness (QED) is 0.751. The summed E-state index contributed by atoms with van der Waals surface area (Å²) < 4.78 is 44.5. The minimum atomic E-state index is -4.45. The first-order valence-electron chi connectivity index (χ1n) is 10.1. The monoisotopic (exact) mass is 422 g/mol. The molecule has 2 fully saturated rings. The molecule has 0 saturated carbocycles. The number of alkyl halides is 3. The lowest BCUT2D eigenvalue weighted by atomic mass is 10.0. The molecule has 4 heterocycles. The van der Waals surface area contributed by atoms with Crippen molar-refractivity contribution in [2.45, 2.75) is 25.1 Å². The molecule has 4 rings (SSSR count). The second-order valence-electron chi connectivity index (χ2n) is 7.55. The van der Waals surface area contributed by atoms with E-state index >= 15 is 0 Å². The zero-order valence-electron chi connectivity index (χ0n) is 16.8. The average molecular weight is 422 g/mol. The third-order valence-corrected chi connectivity index (χ3v) is 5.57. The second-order valence-corrected chi connectivity index (χ2v) is 7.55. The fourth-order valence-corrected chi connectivity index (χ4v) is 3.88. The number of nitrogens with zero attached hydrogens (tertiary/aromatic N) is 6. The van der Waals surface area contributed by atoms with Crippen molar-refractivity contribution in [2.24, 2.45) is 0 Å². The van der Waals surface area contributed by atoms with E-state index in [1.54, 1.807) is 12.3 Å². The van der Waals surface area contributed by atoms with Gasteiger partial charge in [-0.15, -0.1) is 0 Å². The summed E-state index contributed by atoms with van der Waals surface area (Å²) in [6, 6.07) is 6.01. The smallest absolute Gasteiger partial charge is 0.378 e. The number of halogens is 3. The first-order valence-corrected chi connectivity index (χ1v) is 10.1. The van der Waals surface area contributed by atoms with Crippen molar-refractivity contribution in [3.63, 3.8) is 0 Å². The molecule has 162 valence electrons. The van der Waals surface area contributed by atoms with Gasteiger partial charge >= 0.3 is 6.18 Å². The highest BCUT2D eigenvalue weighted by atomic mass is 19.4. The van der Waals surface area contributed by atoms with Crippen LogP contribution in [0.25, 0.3) is 0 Å². The van der Waals surface area contributed by atoms with Gasteiger partial charge in [-0.2, -0.15) is 18.2 Å². The lowest BCUT2D eigenvalue weighted by molar-refractivity contribution is -0.141. The third-order valence-electron chi connectivity index (χ3n) is 5.57. The number of rotatable bonds is 4. The van der Waals surface area contributed by atoms with E-state index in [9.17, 15) is 13.2 Å². The molecule has 0 bridgehead atoms. The maximum absolute atomic E-state index is 13.0. The Morgan fingerprint density at radius 2 is 1.80 bits per heavy atom. The van der Waals surface area contributed by atoms with Crippen molar-refractivity contribution in [1.29, 1.82) is 0 Å². The number of pyridine rings is 1. The number of hydrogen-bond acceptors (Lipinski definition) is 7. The molecule has 30 heavy (non-hydrogen) atoms. The minimum absolute atomic E-state index is 0.0787. The molecule has 2 aliphatic rings. The lowest BCUT2D eigenvalue weighted by Crippen LogP contribution is -2.47. The topological polar surface area (TPSA) is 57.6 Å². The van der Waals surface area contributed by atoms with Gasteiger partial charge in [-0.25, -0.2) is 9.97 Å². The summed E-state index contributed by atoms with van der Waals surface area (Å²) >= 11 is 0. The number of anilines is 3. The van der Waals surface area contributed by atoms with Gasteiger partial charge in [0, 0.05) is 45.5 Å². The number of piperidine rings is 1. The molecule has 0 aromatic carbocycles. The molecule has 1 atom stereocenters. The molecule has 10 heteroatoms. The summed E-state index contributed by atoms with van der Waals surface area (Å²) in [5.41, 5.74) is -0.864. The van der Waals surface area contributed by atoms with Crippen LogP contribution in [0.5, 0.6) is 0 Å². The predicted octanol–water partition coefficient (Wildman–Crippen LogP) is 2.83. The van der Waals surface area contributed by atoms with Crippen LogP contribution in [-0.2, 0) is 10.9 Å². The highest BCUT2D eigenvalue weighted by Gasteiger charge is 2.33. The van der Waals surface area contributed by atoms with Crippen molar-refractivity contribution < 1.29 is 17.9 Å². The number of aromatic nitrogens is 3. The minimum Gasteiger partial charge on any atom is -0.378 e. The Morgan fingerprint density at radius 3 is 2.57 bits per heavy atom. The molecule has 2 aliphatic heterocycles. The summed E-state index contributed by atoms with van der Waals surface area (Å²) in [7, 11) is 1.94. The largest absolute Gasteiger partial charge is 0.433 e. The van der Waals surface area contributed by atoms with Crippen LogP contribution in [0, 0.1) is 0 Å². The Kier molecular flexibility index (Phi) is 5.94. The zero-order valence-corrected chi connectivity index (χ0v) is 16.8. The fraction of sp³-hybridized carbons (Fsp3) is 0.550. The van der Waals surface area contributed by atoms with Gasteiger partial charge in [0.05, 0.1) is 13.2 Å². The van der Waals surface area contributed by atoms with Gasteiger partial charge in [-0.05, 0) is 31.0 Å². The summed E-state index contributed by atoms with van der Waals surface area (Å²) in [6.07, 6.45) is -0.929. The molecule has 0 aliphatic carbocycles. The maximum atomic E-state index is 13.0. The molecule has 2 aromatic heterocycles. The number of likely N-dealkylation sites (N-methyl/N-ethyl adjacent to an activating group) is 1. The number of ether oxygens (including phenoxy) is 1. The first-order chi connectivity index (χ1) is 14.4. The summed E-state index contributed by atoms with van der Waals surface area (Å²) in [4.78, 5) is 19.1. The third kappa shape index (κ3) is 4.58. The van der Waals surface area contributed by atoms with E-state index in [-0.39, 0.29) is 6.04 Å². The Hall–Kier alpha value is -2.62. The fourth-order valence-electron chi connectivity index (χ4n) is 3.88. The van der Waals surface area contributed by atoms with E-state index in [2.05, 4.69) is 14.9 Å². The molecule has 0 amide bonds. The van der Waals surface area contributed by atoms with Crippen molar-refractivity contribution in [1.82, 2.24) is 15.0 Å². The highest BCUT2D eigenvalue weighted by molar-refractivity contribution is 5.46. The van der Waals surface area contributed by atoms with Crippen LogP contribution in [0.4, 0.5) is 30.8 Å². The van der Waals surface area contributed by atoms with Crippen LogP contribution in [0.2, 0.25) is 0 Å². The van der Waals surface area contributed by atoms with E-state index in [1.165, 1.54) is 6.07 Å². The van der Waals surface area contributed by atoms with E-state index < -0.39 is 11.9 Å². The first kappa shape index (κ1) is 20.6. The maximum Gasteiger partial charge on any atom is 0.433 e. The van der Waals surface area contributed by atoms with E-state index in [4.69, 9.17) is 9.72 Å². The highest BCUT2D eigenvalue weighted by Crippen LogP contribution is 2.30.